The Labute approximate surface area is 159 Å². The lowest BCUT2D eigenvalue weighted by Crippen LogP contribution is -2.39. The van der Waals surface area contributed by atoms with Gasteiger partial charge in [0.2, 0.25) is 0 Å². The van der Waals surface area contributed by atoms with E-state index in [1.54, 1.807) is 0 Å². The van der Waals surface area contributed by atoms with Gasteiger partial charge in [0.1, 0.15) is 11.5 Å². The molecule has 1 aliphatic heterocycles. The van der Waals surface area contributed by atoms with E-state index >= 15 is 0 Å². The first-order valence-electron chi connectivity index (χ1n) is 9.78. The van der Waals surface area contributed by atoms with E-state index in [1.807, 2.05) is 6.07 Å². The molecule has 1 aliphatic carbocycles. The van der Waals surface area contributed by atoms with Gasteiger partial charge in [-0.15, -0.1) is 5.48 Å². The second-order valence-corrected chi connectivity index (χ2v) is 7.47. The molecular formula is C21H27N3O3. The van der Waals surface area contributed by atoms with Crippen molar-refractivity contribution in [1.29, 1.82) is 0 Å². The number of hydrogen-bond acceptors (Lipinski definition) is 6. The highest BCUT2D eigenvalue weighted by atomic mass is 16.7. The minimum absolute atomic E-state index is 0.466. The van der Waals surface area contributed by atoms with E-state index in [9.17, 15) is 0 Å². The SMILES string of the molecule is CCc1cc(CCCOc2c(C)ccc(C3(C4CC4)N=CON3)c2C)on1. The molecule has 1 saturated carbocycles. The zero-order chi connectivity index (χ0) is 18.9. The lowest BCUT2D eigenvalue weighted by atomic mass is 9.90. The zero-order valence-electron chi connectivity index (χ0n) is 16.2. The molecule has 1 aromatic carbocycles. The van der Waals surface area contributed by atoms with Crippen LogP contribution in [0.1, 0.15) is 54.3 Å². The van der Waals surface area contributed by atoms with Crippen molar-refractivity contribution in [3.63, 3.8) is 0 Å². The van der Waals surface area contributed by atoms with Crippen LogP contribution in [0.5, 0.6) is 5.75 Å². The Morgan fingerprint density at radius 1 is 1.30 bits per heavy atom. The van der Waals surface area contributed by atoms with Crippen molar-refractivity contribution in [3.8, 4) is 5.75 Å². The van der Waals surface area contributed by atoms with Crippen molar-refractivity contribution in [2.75, 3.05) is 6.61 Å². The van der Waals surface area contributed by atoms with Crippen LogP contribution >= 0.6 is 0 Å². The van der Waals surface area contributed by atoms with Crippen molar-refractivity contribution in [1.82, 2.24) is 10.6 Å². The van der Waals surface area contributed by atoms with Crippen molar-refractivity contribution in [2.45, 2.75) is 58.5 Å². The summed E-state index contributed by atoms with van der Waals surface area (Å²) in [5.41, 5.74) is 7.08. The average molecular weight is 369 g/mol. The van der Waals surface area contributed by atoms with Crippen LogP contribution in [0.2, 0.25) is 0 Å². The summed E-state index contributed by atoms with van der Waals surface area (Å²) in [6.45, 7) is 6.91. The molecule has 6 heteroatoms. The number of benzene rings is 1. The third-order valence-electron chi connectivity index (χ3n) is 5.49. The summed E-state index contributed by atoms with van der Waals surface area (Å²) >= 11 is 0. The van der Waals surface area contributed by atoms with Gasteiger partial charge >= 0.3 is 0 Å². The predicted molar refractivity (Wildman–Crippen MR) is 103 cm³/mol. The molecule has 0 bridgehead atoms. The lowest BCUT2D eigenvalue weighted by Gasteiger charge is -2.28. The molecule has 4 rings (SSSR count). The number of nitrogens with one attached hydrogen (secondary N) is 1. The minimum atomic E-state index is -0.466. The van der Waals surface area contributed by atoms with Gasteiger partial charge in [0.25, 0.3) is 0 Å². The fourth-order valence-electron chi connectivity index (χ4n) is 3.81. The van der Waals surface area contributed by atoms with Gasteiger partial charge in [-0.25, -0.2) is 4.99 Å². The number of nitrogens with zero attached hydrogens (tertiary/aromatic N) is 2. The average Bonchev–Trinajstić information content (AvgIpc) is 3.24. The Bertz CT molecular complexity index is 841. The van der Waals surface area contributed by atoms with E-state index in [0.29, 0.717) is 12.5 Å². The Morgan fingerprint density at radius 3 is 2.81 bits per heavy atom. The summed E-state index contributed by atoms with van der Waals surface area (Å²) in [7, 11) is 0. The third kappa shape index (κ3) is 3.46. The Hall–Kier alpha value is -2.34. The monoisotopic (exact) mass is 369 g/mol. The van der Waals surface area contributed by atoms with E-state index < -0.39 is 5.66 Å². The molecule has 0 radical (unpaired) electrons. The zero-order valence-corrected chi connectivity index (χ0v) is 16.2. The lowest BCUT2D eigenvalue weighted by molar-refractivity contribution is 0.106. The Kier molecular flexibility index (Phi) is 4.91. The van der Waals surface area contributed by atoms with Crippen molar-refractivity contribution in [2.24, 2.45) is 10.9 Å². The fourth-order valence-corrected chi connectivity index (χ4v) is 3.81. The first-order chi connectivity index (χ1) is 13.1. The molecule has 2 heterocycles. The molecule has 0 spiro atoms. The van der Waals surface area contributed by atoms with Gasteiger partial charge in [0.05, 0.1) is 12.3 Å². The van der Waals surface area contributed by atoms with E-state index in [1.165, 1.54) is 6.40 Å². The fraction of sp³-hybridized carbons (Fsp3) is 0.524. The van der Waals surface area contributed by atoms with Crippen LogP contribution in [0.25, 0.3) is 0 Å². The van der Waals surface area contributed by atoms with Crippen LogP contribution < -0.4 is 10.2 Å². The highest BCUT2D eigenvalue weighted by Gasteiger charge is 2.50. The number of aromatic nitrogens is 1. The van der Waals surface area contributed by atoms with Gasteiger partial charge in [0.15, 0.2) is 12.1 Å². The second-order valence-electron chi connectivity index (χ2n) is 7.47. The molecule has 1 atom stereocenters. The largest absolute Gasteiger partial charge is 0.493 e. The first-order valence-corrected chi connectivity index (χ1v) is 9.78. The van der Waals surface area contributed by atoms with E-state index in [2.05, 4.69) is 48.5 Å². The van der Waals surface area contributed by atoms with Crippen LogP contribution in [0, 0.1) is 19.8 Å². The molecule has 2 aromatic rings. The Morgan fingerprint density at radius 2 is 2.15 bits per heavy atom. The van der Waals surface area contributed by atoms with E-state index in [-0.39, 0.29) is 0 Å². The summed E-state index contributed by atoms with van der Waals surface area (Å²) in [6, 6.07) is 6.29. The summed E-state index contributed by atoms with van der Waals surface area (Å²) in [6.07, 6.45) is 6.45. The maximum atomic E-state index is 6.19. The second kappa shape index (κ2) is 7.35. The molecule has 1 N–H and O–H groups in total. The quantitative estimate of drug-likeness (QED) is 0.713. The molecule has 144 valence electrons. The standard InChI is InChI=1S/C21H27N3O3/c1-4-17-12-18(27-23-17)6-5-11-25-20-14(2)7-10-19(15(20)3)21(16-8-9-16)22-13-26-24-21/h7,10,12-13,16,24H,4-6,8-9,11H2,1-3H3. The molecule has 0 saturated heterocycles. The van der Waals surface area contributed by atoms with Crippen LogP contribution in [-0.2, 0) is 23.3 Å². The number of hydroxylamine groups is 1. The van der Waals surface area contributed by atoms with Gasteiger partial charge in [-0.1, -0.05) is 24.2 Å². The molecular weight excluding hydrogens is 342 g/mol. The van der Waals surface area contributed by atoms with Crippen LogP contribution in [0.4, 0.5) is 0 Å². The van der Waals surface area contributed by atoms with Crippen molar-refractivity contribution < 1.29 is 14.1 Å². The molecule has 1 fully saturated rings. The van der Waals surface area contributed by atoms with E-state index in [0.717, 1.165) is 66.0 Å². The number of ether oxygens (including phenoxy) is 1. The number of hydrogen-bond donors (Lipinski definition) is 1. The molecule has 2 aliphatic rings. The molecule has 6 nitrogen and oxygen atoms in total. The van der Waals surface area contributed by atoms with Gasteiger partial charge in [-0.05, 0) is 50.7 Å². The smallest absolute Gasteiger partial charge is 0.198 e. The van der Waals surface area contributed by atoms with Crippen LogP contribution in [0.3, 0.4) is 0 Å². The highest BCUT2D eigenvalue weighted by molar-refractivity contribution is 5.55. The highest BCUT2D eigenvalue weighted by Crippen LogP contribution is 2.49. The molecule has 1 aromatic heterocycles. The topological polar surface area (TPSA) is 68.9 Å². The van der Waals surface area contributed by atoms with Gasteiger partial charge in [0, 0.05) is 24.0 Å². The maximum Gasteiger partial charge on any atom is 0.198 e. The normalized spacial score (nSPS) is 21.4. The van der Waals surface area contributed by atoms with Gasteiger partial charge in [-0.3, -0.25) is 0 Å². The van der Waals surface area contributed by atoms with Crippen molar-refractivity contribution >= 4 is 6.40 Å². The number of aliphatic imine (C=N–C) groups is 1. The predicted octanol–water partition coefficient (Wildman–Crippen LogP) is 3.99. The number of rotatable bonds is 8. The molecule has 27 heavy (non-hydrogen) atoms. The molecule has 0 amide bonds. The Balaban J connectivity index is 1.45. The summed E-state index contributed by atoms with van der Waals surface area (Å²) in [4.78, 5) is 9.95. The summed E-state index contributed by atoms with van der Waals surface area (Å²) in [5.74, 6) is 2.35. The van der Waals surface area contributed by atoms with E-state index in [4.69, 9.17) is 14.1 Å². The minimum Gasteiger partial charge on any atom is -0.493 e. The molecule has 1 unspecified atom stereocenters. The van der Waals surface area contributed by atoms with Crippen molar-refractivity contribution in [3.05, 3.63) is 46.3 Å². The van der Waals surface area contributed by atoms with Gasteiger partial charge < -0.3 is 14.1 Å². The number of aryl methyl sites for hydroxylation is 3. The van der Waals surface area contributed by atoms with Crippen LogP contribution in [0.15, 0.2) is 27.7 Å². The summed E-state index contributed by atoms with van der Waals surface area (Å²) in [5, 5.41) is 4.04. The summed E-state index contributed by atoms with van der Waals surface area (Å²) < 4.78 is 11.5. The first kappa shape index (κ1) is 18.0. The third-order valence-corrected chi connectivity index (χ3v) is 5.49. The van der Waals surface area contributed by atoms with Crippen LogP contribution in [-0.4, -0.2) is 18.2 Å². The van der Waals surface area contributed by atoms with Gasteiger partial charge in [-0.2, -0.15) is 0 Å². The maximum absolute atomic E-state index is 6.19.